The summed E-state index contributed by atoms with van der Waals surface area (Å²) in [5.74, 6) is 3.39. The van der Waals surface area contributed by atoms with Gasteiger partial charge in [-0.25, -0.2) is 4.98 Å². The molecule has 2 rings (SSSR count). The van der Waals surface area contributed by atoms with Crippen LogP contribution < -0.4 is 5.32 Å². The molecule has 1 saturated heterocycles. The highest BCUT2D eigenvalue weighted by molar-refractivity contribution is 7.99. The first-order valence-electron chi connectivity index (χ1n) is 6.07. The van der Waals surface area contributed by atoms with Gasteiger partial charge in [-0.2, -0.15) is 11.8 Å². The Morgan fingerprint density at radius 1 is 1.44 bits per heavy atom. The van der Waals surface area contributed by atoms with E-state index in [0.29, 0.717) is 0 Å². The minimum Gasteiger partial charge on any atom is -0.320 e. The number of hydrogen-bond acceptors (Lipinski definition) is 4. The molecule has 4 heteroatoms. The van der Waals surface area contributed by atoms with Gasteiger partial charge in [-0.05, 0) is 50.8 Å². The molecule has 1 aromatic rings. The molecule has 1 N–H and O–H groups in total. The van der Waals surface area contributed by atoms with Crippen molar-refractivity contribution in [3.05, 3.63) is 16.1 Å². The van der Waals surface area contributed by atoms with Crippen LogP contribution in [-0.2, 0) is 6.42 Å². The molecule has 0 aliphatic carbocycles. The molecule has 0 saturated carbocycles. The molecule has 0 bridgehead atoms. The van der Waals surface area contributed by atoms with Crippen molar-refractivity contribution in [3.63, 3.8) is 0 Å². The third kappa shape index (κ3) is 3.47. The standard InChI is InChI=1S/C12H20N2S2/c1-13-6-2-3-11-9-16-12(14-11)10-4-7-15-8-5-10/h9-10,13H,2-8H2,1H3. The Bertz CT molecular complexity index is 306. The van der Waals surface area contributed by atoms with Crippen molar-refractivity contribution in [2.45, 2.75) is 31.6 Å². The van der Waals surface area contributed by atoms with Gasteiger partial charge in [0.15, 0.2) is 0 Å². The van der Waals surface area contributed by atoms with Crippen LogP contribution >= 0.6 is 23.1 Å². The van der Waals surface area contributed by atoms with Gasteiger partial charge < -0.3 is 5.32 Å². The van der Waals surface area contributed by atoms with E-state index in [1.165, 1.54) is 41.5 Å². The van der Waals surface area contributed by atoms with E-state index >= 15 is 0 Å². The molecule has 90 valence electrons. The molecule has 0 amide bonds. The maximum Gasteiger partial charge on any atom is 0.0959 e. The van der Waals surface area contributed by atoms with Crippen molar-refractivity contribution in [3.8, 4) is 0 Å². The second-order valence-corrected chi connectivity index (χ2v) is 6.39. The Balaban J connectivity index is 1.85. The number of rotatable bonds is 5. The van der Waals surface area contributed by atoms with Crippen LogP contribution in [0.1, 0.15) is 35.9 Å². The van der Waals surface area contributed by atoms with Crippen molar-refractivity contribution >= 4 is 23.1 Å². The first-order valence-corrected chi connectivity index (χ1v) is 8.10. The van der Waals surface area contributed by atoms with E-state index in [1.54, 1.807) is 0 Å². The second kappa shape index (κ2) is 6.62. The van der Waals surface area contributed by atoms with Crippen LogP contribution in [0.2, 0.25) is 0 Å². The van der Waals surface area contributed by atoms with E-state index < -0.39 is 0 Å². The topological polar surface area (TPSA) is 24.9 Å². The summed E-state index contributed by atoms with van der Waals surface area (Å²) in [6.45, 7) is 1.09. The quantitative estimate of drug-likeness (QED) is 0.820. The van der Waals surface area contributed by atoms with Crippen LogP contribution in [0.4, 0.5) is 0 Å². The average molecular weight is 256 g/mol. The van der Waals surface area contributed by atoms with E-state index in [-0.39, 0.29) is 0 Å². The summed E-state index contributed by atoms with van der Waals surface area (Å²) >= 11 is 3.96. The number of thioether (sulfide) groups is 1. The third-order valence-electron chi connectivity index (χ3n) is 3.00. The van der Waals surface area contributed by atoms with Gasteiger partial charge in [0.2, 0.25) is 0 Å². The fourth-order valence-corrected chi connectivity index (χ4v) is 4.15. The summed E-state index contributed by atoms with van der Waals surface area (Å²) in [6, 6.07) is 0. The zero-order chi connectivity index (χ0) is 11.2. The van der Waals surface area contributed by atoms with E-state index in [0.717, 1.165) is 18.9 Å². The lowest BCUT2D eigenvalue weighted by molar-refractivity contribution is 0.628. The van der Waals surface area contributed by atoms with Gasteiger partial charge in [-0.3, -0.25) is 0 Å². The molecule has 2 heterocycles. The number of hydrogen-bond donors (Lipinski definition) is 1. The number of nitrogens with zero attached hydrogens (tertiary/aromatic N) is 1. The Labute approximate surface area is 106 Å². The van der Waals surface area contributed by atoms with E-state index in [1.807, 2.05) is 18.4 Å². The highest BCUT2D eigenvalue weighted by Crippen LogP contribution is 2.33. The lowest BCUT2D eigenvalue weighted by Gasteiger charge is -2.18. The van der Waals surface area contributed by atoms with Crippen molar-refractivity contribution in [1.29, 1.82) is 0 Å². The van der Waals surface area contributed by atoms with Crippen molar-refractivity contribution in [1.82, 2.24) is 10.3 Å². The maximum absolute atomic E-state index is 4.79. The Morgan fingerprint density at radius 3 is 3.00 bits per heavy atom. The van der Waals surface area contributed by atoms with Gasteiger partial charge in [0.25, 0.3) is 0 Å². The summed E-state index contributed by atoms with van der Waals surface area (Å²) in [5, 5.41) is 6.83. The molecule has 16 heavy (non-hydrogen) atoms. The Hall–Kier alpha value is -0.0600. The van der Waals surface area contributed by atoms with Gasteiger partial charge >= 0.3 is 0 Å². The zero-order valence-corrected chi connectivity index (χ0v) is 11.5. The molecule has 0 unspecified atom stereocenters. The van der Waals surface area contributed by atoms with E-state index in [9.17, 15) is 0 Å². The predicted octanol–water partition coefficient (Wildman–Crippen LogP) is 2.91. The van der Waals surface area contributed by atoms with Crippen LogP contribution in [0.5, 0.6) is 0 Å². The van der Waals surface area contributed by atoms with Crippen LogP contribution in [0.15, 0.2) is 5.38 Å². The largest absolute Gasteiger partial charge is 0.320 e. The summed E-state index contributed by atoms with van der Waals surface area (Å²) in [6.07, 6.45) is 4.97. The molecule has 1 fully saturated rings. The monoisotopic (exact) mass is 256 g/mol. The molecular formula is C12H20N2S2. The molecule has 0 atom stereocenters. The average Bonchev–Trinajstić information content (AvgIpc) is 2.79. The van der Waals surface area contributed by atoms with E-state index in [4.69, 9.17) is 4.98 Å². The summed E-state index contributed by atoms with van der Waals surface area (Å²) in [5.41, 5.74) is 1.30. The molecule has 1 aliphatic heterocycles. The second-order valence-electron chi connectivity index (χ2n) is 4.27. The number of aryl methyl sites for hydroxylation is 1. The highest BCUT2D eigenvalue weighted by Gasteiger charge is 2.18. The highest BCUT2D eigenvalue weighted by atomic mass is 32.2. The van der Waals surface area contributed by atoms with Crippen LogP contribution in [0.25, 0.3) is 0 Å². The minimum atomic E-state index is 0.754. The molecule has 2 nitrogen and oxygen atoms in total. The fourth-order valence-electron chi connectivity index (χ4n) is 2.02. The smallest absolute Gasteiger partial charge is 0.0959 e. The SMILES string of the molecule is CNCCCc1csc(C2CCSCC2)n1. The number of thiazole rings is 1. The van der Waals surface area contributed by atoms with Gasteiger partial charge in [-0.1, -0.05) is 0 Å². The van der Waals surface area contributed by atoms with Gasteiger partial charge in [0, 0.05) is 11.3 Å². The van der Waals surface area contributed by atoms with E-state index in [2.05, 4.69) is 22.5 Å². The van der Waals surface area contributed by atoms with Crippen molar-refractivity contribution in [2.75, 3.05) is 25.1 Å². The summed E-state index contributed by atoms with van der Waals surface area (Å²) in [7, 11) is 2.01. The summed E-state index contributed by atoms with van der Waals surface area (Å²) in [4.78, 5) is 4.79. The lowest BCUT2D eigenvalue weighted by Crippen LogP contribution is -2.09. The number of nitrogens with one attached hydrogen (secondary N) is 1. The summed E-state index contributed by atoms with van der Waals surface area (Å²) < 4.78 is 0. The Morgan fingerprint density at radius 2 is 2.25 bits per heavy atom. The first-order chi connectivity index (χ1) is 7.90. The maximum atomic E-state index is 4.79. The zero-order valence-electron chi connectivity index (χ0n) is 9.87. The molecule has 0 radical (unpaired) electrons. The van der Waals surface area contributed by atoms with Crippen LogP contribution in [-0.4, -0.2) is 30.1 Å². The number of aromatic nitrogens is 1. The van der Waals surface area contributed by atoms with Crippen molar-refractivity contribution < 1.29 is 0 Å². The molecule has 0 spiro atoms. The third-order valence-corrected chi connectivity index (χ3v) is 5.10. The van der Waals surface area contributed by atoms with Crippen LogP contribution in [0, 0.1) is 0 Å². The fraction of sp³-hybridized carbons (Fsp3) is 0.750. The molecule has 1 aromatic heterocycles. The van der Waals surface area contributed by atoms with Gasteiger partial charge in [0.1, 0.15) is 0 Å². The molecular weight excluding hydrogens is 236 g/mol. The predicted molar refractivity (Wildman–Crippen MR) is 73.7 cm³/mol. The Kier molecular flexibility index (Phi) is 5.13. The minimum absolute atomic E-state index is 0.754. The first kappa shape index (κ1) is 12.4. The van der Waals surface area contributed by atoms with Gasteiger partial charge in [0.05, 0.1) is 10.7 Å². The van der Waals surface area contributed by atoms with Crippen LogP contribution in [0.3, 0.4) is 0 Å². The molecule has 1 aliphatic rings. The lowest BCUT2D eigenvalue weighted by atomic mass is 10.0. The van der Waals surface area contributed by atoms with Gasteiger partial charge in [-0.15, -0.1) is 11.3 Å². The van der Waals surface area contributed by atoms with Crippen molar-refractivity contribution in [2.24, 2.45) is 0 Å². The normalized spacial score (nSPS) is 17.8. The molecule has 0 aromatic carbocycles.